The fourth-order valence-corrected chi connectivity index (χ4v) is 2.77. The summed E-state index contributed by atoms with van der Waals surface area (Å²) in [6.45, 7) is -0.248. The van der Waals surface area contributed by atoms with Gasteiger partial charge in [0.25, 0.3) is 11.6 Å². The van der Waals surface area contributed by atoms with E-state index < -0.39 is 10.8 Å². The van der Waals surface area contributed by atoms with Gasteiger partial charge in [0.2, 0.25) is 0 Å². The average molecular weight is 474 g/mol. The number of ether oxygens (including phenoxy) is 2. The van der Waals surface area contributed by atoms with E-state index >= 15 is 0 Å². The maximum absolute atomic E-state index is 11.9. The van der Waals surface area contributed by atoms with Gasteiger partial charge in [0, 0.05) is 22.2 Å². The second-order valence-electron chi connectivity index (χ2n) is 5.88. The second kappa shape index (κ2) is 9.70. The lowest BCUT2D eigenvalue weighted by Crippen LogP contribution is -2.24. The standard InChI is InChI=1S/C20H16BrN3O6/c1-28-19-10-14(21)4-8-18(19)29-12-20(25)23-22-11-16-7-9-17(30-16)13-2-5-15(6-3-13)24(26)27/h2-11H,12H2,1H3,(H,23,25). The number of nitrogens with zero attached hydrogens (tertiary/aromatic N) is 2. The summed E-state index contributed by atoms with van der Waals surface area (Å²) < 4.78 is 17.1. The summed E-state index contributed by atoms with van der Waals surface area (Å²) in [6.07, 6.45) is 1.34. The van der Waals surface area contributed by atoms with Crippen molar-refractivity contribution in [2.24, 2.45) is 5.10 Å². The summed E-state index contributed by atoms with van der Waals surface area (Å²) in [4.78, 5) is 22.1. The molecule has 0 aliphatic heterocycles. The zero-order chi connectivity index (χ0) is 21.5. The molecule has 1 aromatic heterocycles. The number of amides is 1. The highest BCUT2D eigenvalue weighted by Crippen LogP contribution is 2.30. The molecular formula is C20H16BrN3O6. The molecule has 0 aliphatic rings. The molecule has 30 heavy (non-hydrogen) atoms. The van der Waals surface area contributed by atoms with Crippen molar-refractivity contribution in [2.45, 2.75) is 0 Å². The van der Waals surface area contributed by atoms with Crippen LogP contribution in [0.4, 0.5) is 5.69 Å². The summed E-state index contributed by atoms with van der Waals surface area (Å²) in [7, 11) is 1.51. The monoisotopic (exact) mass is 473 g/mol. The number of methoxy groups -OCH3 is 1. The SMILES string of the molecule is COc1cc(Br)ccc1OCC(=O)NN=Cc1ccc(-c2ccc([N+](=O)[O-])cc2)o1. The Morgan fingerprint density at radius 1 is 1.20 bits per heavy atom. The van der Waals surface area contributed by atoms with Crippen LogP contribution in [0.5, 0.6) is 11.5 Å². The maximum Gasteiger partial charge on any atom is 0.277 e. The molecule has 154 valence electrons. The summed E-state index contributed by atoms with van der Waals surface area (Å²) in [5.41, 5.74) is 3.02. The fourth-order valence-electron chi connectivity index (χ4n) is 2.43. The number of hydrazone groups is 1. The summed E-state index contributed by atoms with van der Waals surface area (Å²) in [6, 6.07) is 14.5. The fraction of sp³-hybridized carbons (Fsp3) is 0.100. The van der Waals surface area contributed by atoms with Crippen LogP contribution in [0.2, 0.25) is 0 Å². The smallest absolute Gasteiger partial charge is 0.277 e. The van der Waals surface area contributed by atoms with Gasteiger partial charge in [0.1, 0.15) is 11.5 Å². The molecule has 0 aliphatic carbocycles. The molecule has 0 atom stereocenters. The molecule has 2 aromatic carbocycles. The predicted octanol–water partition coefficient (Wildman–Crippen LogP) is 4.16. The van der Waals surface area contributed by atoms with Gasteiger partial charge in [-0.2, -0.15) is 5.10 Å². The van der Waals surface area contributed by atoms with Gasteiger partial charge in [-0.1, -0.05) is 15.9 Å². The van der Waals surface area contributed by atoms with E-state index in [1.165, 1.54) is 25.5 Å². The molecule has 0 fully saturated rings. The highest BCUT2D eigenvalue weighted by atomic mass is 79.9. The van der Waals surface area contributed by atoms with Crippen LogP contribution < -0.4 is 14.9 Å². The van der Waals surface area contributed by atoms with Crippen molar-refractivity contribution in [1.29, 1.82) is 0 Å². The second-order valence-corrected chi connectivity index (χ2v) is 6.80. The van der Waals surface area contributed by atoms with Gasteiger partial charge in [-0.05, 0) is 42.5 Å². The average Bonchev–Trinajstić information content (AvgIpc) is 3.21. The van der Waals surface area contributed by atoms with E-state index in [0.29, 0.717) is 28.6 Å². The van der Waals surface area contributed by atoms with Crippen molar-refractivity contribution >= 4 is 33.7 Å². The van der Waals surface area contributed by atoms with Gasteiger partial charge < -0.3 is 13.9 Å². The molecule has 1 N–H and O–H groups in total. The summed E-state index contributed by atoms with van der Waals surface area (Å²) >= 11 is 3.33. The van der Waals surface area contributed by atoms with Crippen molar-refractivity contribution in [1.82, 2.24) is 5.43 Å². The molecule has 0 saturated heterocycles. The zero-order valence-electron chi connectivity index (χ0n) is 15.7. The number of nitro groups is 1. The lowest BCUT2D eigenvalue weighted by molar-refractivity contribution is -0.384. The number of hydrogen-bond donors (Lipinski definition) is 1. The van der Waals surface area contributed by atoms with Gasteiger partial charge in [0.05, 0.1) is 18.2 Å². The van der Waals surface area contributed by atoms with Crippen molar-refractivity contribution in [2.75, 3.05) is 13.7 Å². The van der Waals surface area contributed by atoms with E-state index in [9.17, 15) is 14.9 Å². The van der Waals surface area contributed by atoms with Crippen LogP contribution in [-0.2, 0) is 4.79 Å². The number of nitrogens with one attached hydrogen (secondary N) is 1. The van der Waals surface area contributed by atoms with Crippen LogP contribution in [0.3, 0.4) is 0 Å². The van der Waals surface area contributed by atoms with E-state index in [1.807, 2.05) is 0 Å². The van der Waals surface area contributed by atoms with Gasteiger partial charge in [-0.25, -0.2) is 5.43 Å². The Labute approximate surface area is 179 Å². The van der Waals surface area contributed by atoms with Crippen LogP contribution in [0.15, 0.2) is 68.6 Å². The third-order valence-corrected chi connectivity index (χ3v) is 4.35. The van der Waals surface area contributed by atoms with Gasteiger partial charge >= 0.3 is 0 Å². The first-order valence-electron chi connectivity index (χ1n) is 8.59. The Morgan fingerprint density at radius 3 is 2.67 bits per heavy atom. The maximum atomic E-state index is 11.9. The largest absolute Gasteiger partial charge is 0.493 e. The van der Waals surface area contributed by atoms with E-state index in [1.54, 1.807) is 42.5 Å². The molecule has 3 rings (SSSR count). The Morgan fingerprint density at radius 2 is 1.97 bits per heavy atom. The number of carbonyl (C=O) groups excluding carboxylic acids is 1. The highest BCUT2D eigenvalue weighted by Gasteiger charge is 2.09. The number of benzene rings is 2. The zero-order valence-corrected chi connectivity index (χ0v) is 17.3. The molecule has 3 aromatic rings. The van der Waals surface area contributed by atoms with Crippen LogP contribution in [-0.4, -0.2) is 30.8 Å². The van der Waals surface area contributed by atoms with Crippen LogP contribution in [0.1, 0.15) is 5.76 Å². The lowest BCUT2D eigenvalue weighted by Gasteiger charge is -2.09. The first kappa shape index (κ1) is 21.1. The summed E-state index contributed by atoms with van der Waals surface area (Å²) in [5.74, 6) is 1.38. The highest BCUT2D eigenvalue weighted by molar-refractivity contribution is 9.10. The minimum absolute atomic E-state index is 0.00205. The molecule has 10 heteroatoms. The Kier molecular flexibility index (Phi) is 6.81. The Balaban J connectivity index is 1.53. The first-order chi connectivity index (χ1) is 14.5. The molecule has 1 amide bonds. The molecule has 1 heterocycles. The Hall–Kier alpha value is -3.66. The van der Waals surface area contributed by atoms with Crippen molar-refractivity contribution in [3.8, 4) is 22.8 Å². The Bertz CT molecular complexity index is 1080. The molecule has 9 nitrogen and oxygen atoms in total. The van der Waals surface area contributed by atoms with Crippen LogP contribution in [0.25, 0.3) is 11.3 Å². The molecule has 0 saturated carbocycles. The number of carbonyl (C=O) groups is 1. The minimum Gasteiger partial charge on any atom is -0.493 e. The van der Waals surface area contributed by atoms with E-state index in [-0.39, 0.29) is 12.3 Å². The number of non-ortho nitro benzene ring substituents is 1. The number of hydrogen-bond acceptors (Lipinski definition) is 7. The summed E-state index contributed by atoms with van der Waals surface area (Å²) in [5, 5.41) is 14.5. The van der Waals surface area contributed by atoms with Gasteiger partial charge in [-0.3, -0.25) is 14.9 Å². The molecule has 0 spiro atoms. The van der Waals surface area contributed by atoms with E-state index in [2.05, 4.69) is 26.5 Å². The number of furan rings is 1. The predicted molar refractivity (Wildman–Crippen MR) is 113 cm³/mol. The molecule has 0 unspecified atom stereocenters. The van der Waals surface area contributed by atoms with Gasteiger partial charge in [0.15, 0.2) is 18.1 Å². The molecule has 0 radical (unpaired) electrons. The first-order valence-corrected chi connectivity index (χ1v) is 9.38. The normalized spacial score (nSPS) is 10.7. The molecule has 0 bridgehead atoms. The minimum atomic E-state index is -0.469. The van der Waals surface area contributed by atoms with E-state index in [0.717, 1.165) is 4.47 Å². The van der Waals surface area contributed by atoms with Crippen LogP contribution >= 0.6 is 15.9 Å². The topological polar surface area (TPSA) is 116 Å². The van der Waals surface area contributed by atoms with E-state index in [4.69, 9.17) is 13.9 Å². The van der Waals surface area contributed by atoms with Crippen molar-refractivity contribution < 1.29 is 23.6 Å². The van der Waals surface area contributed by atoms with Crippen molar-refractivity contribution in [3.63, 3.8) is 0 Å². The number of nitro benzene ring substituents is 1. The van der Waals surface area contributed by atoms with Gasteiger partial charge in [-0.15, -0.1) is 0 Å². The van der Waals surface area contributed by atoms with Crippen molar-refractivity contribution in [3.05, 3.63) is 74.9 Å². The number of halogens is 1. The lowest BCUT2D eigenvalue weighted by atomic mass is 10.1. The van der Waals surface area contributed by atoms with Crippen LogP contribution in [0, 0.1) is 10.1 Å². The quantitative estimate of drug-likeness (QED) is 0.298. The molecular weight excluding hydrogens is 458 g/mol. The third-order valence-electron chi connectivity index (χ3n) is 3.85. The third kappa shape index (κ3) is 5.45. The number of rotatable bonds is 8.